The van der Waals surface area contributed by atoms with Gasteiger partial charge in [0.1, 0.15) is 0 Å². The number of hydrogen-bond acceptors (Lipinski definition) is 2. The number of rotatable bonds is 5. The molecular formula is C21H16Cl2N2O2. The highest BCUT2D eigenvalue weighted by atomic mass is 35.5. The Hall–Kier alpha value is -2.82. The van der Waals surface area contributed by atoms with Gasteiger partial charge in [-0.25, -0.2) is 0 Å². The molecule has 0 aliphatic carbocycles. The van der Waals surface area contributed by atoms with E-state index in [0.29, 0.717) is 33.4 Å². The van der Waals surface area contributed by atoms with Gasteiger partial charge in [0.15, 0.2) is 0 Å². The Morgan fingerprint density at radius 2 is 1.44 bits per heavy atom. The van der Waals surface area contributed by atoms with E-state index in [-0.39, 0.29) is 11.8 Å². The molecule has 0 saturated heterocycles. The highest BCUT2D eigenvalue weighted by Gasteiger charge is 2.10. The van der Waals surface area contributed by atoms with E-state index in [2.05, 4.69) is 10.6 Å². The standard InChI is InChI=1S/C21H16Cl2N2O2/c22-17-5-3-6-18(12-17)25-21(27)15-10-8-14(9-11-15)20(26)24-13-16-4-1-2-7-19(16)23/h1-12H,13H2,(H,24,26)(H,25,27). The quantitative estimate of drug-likeness (QED) is 0.622. The predicted octanol–water partition coefficient (Wildman–Crippen LogP) is 5.18. The van der Waals surface area contributed by atoms with Crippen LogP contribution < -0.4 is 10.6 Å². The van der Waals surface area contributed by atoms with E-state index >= 15 is 0 Å². The van der Waals surface area contributed by atoms with Crippen molar-refractivity contribution in [2.75, 3.05) is 5.32 Å². The maximum Gasteiger partial charge on any atom is 0.255 e. The monoisotopic (exact) mass is 398 g/mol. The van der Waals surface area contributed by atoms with E-state index in [1.807, 2.05) is 18.2 Å². The van der Waals surface area contributed by atoms with Gasteiger partial charge in [-0.1, -0.05) is 47.5 Å². The summed E-state index contributed by atoms with van der Waals surface area (Å²) >= 11 is 12.0. The lowest BCUT2D eigenvalue weighted by atomic mass is 10.1. The zero-order valence-corrected chi connectivity index (χ0v) is 15.7. The largest absolute Gasteiger partial charge is 0.348 e. The minimum Gasteiger partial charge on any atom is -0.348 e. The van der Waals surface area contributed by atoms with Gasteiger partial charge in [0.2, 0.25) is 0 Å². The molecule has 0 saturated carbocycles. The van der Waals surface area contributed by atoms with Crippen LogP contribution in [0.5, 0.6) is 0 Å². The molecule has 0 unspecified atom stereocenters. The Morgan fingerprint density at radius 3 is 2.11 bits per heavy atom. The van der Waals surface area contributed by atoms with Crippen LogP contribution in [0.4, 0.5) is 5.69 Å². The number of hydrogen-bond donors (Lipinski definition) is 2. The summed E-state index contributed by atoms with van der Waals surface area (Å²) in [6.45, 7) is 0.329. The van der Waals surface area contributed by atoms with E-state index < -0.39 is 0 Å². The summed E-state index contributed by atoms with van der Waals surface area (Å²) in [5, 5.41) is 6.72. The van der Waals surface area contributed by atoms with E-state index in [1.165, 1.54) is 0 Å². The molecule has 2 N–H and O–H groups in total. The molecule has 0 aliphatic rings. The third kappa shape index (κ3) is 5.09. The Balaban J connectivity index is 1.61. The van der Waals surface area contributed by atoms with E-state index in [9.17, 15) is 9.59 Å². The number of carbonyl (C=O) groups is 2. The number of amides is 2. The molecule has 27 heavy (non-hydrogen) atoms. The first-order valence-corrected chi connectivity index (χ1v) is 8.97. The lowest BCUT2D eigenvalue weighted by Gasteiger charge is -2.08. The van der Waals surface area contributed by atoms with Crippen LogP contribution in [-0.2, 0) is 6.54 Å². The molecule has 3 rings (SSSR count). The smallest absolute Gasteiger partial charge is 0.255 e. The van der Waals surface area contributed by atoms with Gasteiger partial charge in [-0.3, -0.25) is 9.59 Å². The predicted molar refractivity (Wildman–Crippen MR) is 108 cm³/mol. The molecular weight excluding hydrogens is 383 g/mol. The normalized spacial score (nSPS) is 10.3. The Kier molecular flexibility index (Phi) is 6.12. The lowest BCUT2D eigenvalue weighted by Crippen LogP contribution is -2.23. The van der Waals surface area contributed by atoms with Gasteiger partial charge in [-0.15, -0.1) is 0 Å². The molecule has 2 amide bonds. The van der Waals surface area contributed by atoms with Crippen molar-refractivity contribution < 1.29 is 9.59 Å². The first-order chi connectivity index (χ1) is 13.0. The summed E-state index contributed by atoms with van der Waals surface area (Å²) in [7, 11) is 0. The molecule has 0 heterocycles. The van der Waals surface area contributed by atoms with Crippen LogP contribution in [0.2, 0.25) is 10.0 Å². The maximum absolute atomic E-state index is 12.3. The topological polar surface area (TPSA) is 58.2 Å². The van der Waals surface area contributed by atoms with Crippen molar-refractivity contribution >= 4 is 40.7 Å². The summed E-state index contributed by atoms with van der Waals surface area (Å²) in [6, 6.07) is 20.6. The Labute approximate surface area is 167 Å². The maximum atomic E-state index is 12.3. The van der Waals surface area contributed by atoms with Gasteiger partial charge in [-0.2, -0.15) is 0 Å². The minimum atomic E-state index is -0.278. The zero-order valence-electron chi connectivity index (χ0n) is 14.2. The van der Waals surface area contributed by atoms with Crippen molar-refractivity contribution in [3.63, 3.8) is 0 Å². The van der Waals surface area contributed by atoms with Gasteiger partial charge >= 0.3 is 0 Å². The highest BCUT2D eigenvalue weighted by Crippen LogP contribution is 2.17. The third-order valence-electron chi connectivity index (χ3n) is 3.89. The fourth-order valence-corrected chi connectivity index (χ4v) is 2.85. The van der Waals surface area contributed by atoms with Crippen LogP contribution in [0.3, 0.4) is 0 Å². The van der Waals surface area contributed by atoms with Crippen LogP contribution in [0.25, 0.3) is 0 Å². The van der Waals surface area contributed by atoms with E-state index in [1.54, 1.807) is 54.6 Å². The molecule has 0 spiro atoms. The van der Waals surface area contributed by atoms with Gasteiger partial charge < -0.3 is 10.6 Å². The SMILES string of the molecule is O=C(NCc1ccccc1Cl)c1ccc(C(=O)Nc2cccc(Cl)c2)cc1. The summed E-state index contributed by atoms with van der Waals surface area (Å²) in [6.07, 6.45) is 0. The number of anilines is 1. The Morgan fingerprint density at radius 1 is 0.778 bits per heavy atom. The van der Waals surface area contributed by atoms with Crippen molar-refractivity contribution in [3.05, 3.63) is 99.5 Å². The van der Waals surface area contributed by atoms with Crippen LogP contribution in [-0.4, -0.2) is 11.8 Å². The van der Waals surface area contributed by atoms with Gasteiger partial charge in [0, 0.05) is 33.4 Å². The van der Waals surface area contributed by atoms with Crippen LogP contribution in [0, 0.1) is 0 Å². The summed E-state index contributed by atoms with van der Waals surface area (Å²) < 4.78 is 0. The van der Waals surface area contributed by atoms with E-state index in [4.69, 9.17) is 23.2 Å². The Bertz CT molecular complexity index is 972. The fraction of sp³-hybridized carbons (Fsp3) is 0.0476. The van der Waals surface area contributed by atoms with Gasteiger partial charge in [-0.05, 0) is 54.1 Å². The first-order valence-electron chi connectivity index (χ1n) is 8.21. The molecule has 6 heteroatoms. The van der Waals surface area contributed by atoms with Crippen LogP contribution in [0.15, 0.2) is 72.8 Å². The van der Waals surface area contributed by atoms with Crippen molar-refractivity contribution in [1.82, 2.24) is 5.32 Å². The second kappa shape index (κ2) is 8.71. The van der Waals surface area contributed by atoms with Crippen molar-refractivity contribution in [2.24, 2.45) is 0 Å². The van der Waals surface area contributed by atoms with Gasteiger partial charge in [0.25, 0.3) is 11.8 Å². The number of nitrogens with one attached hydrogen (secondary N) is 2. The third-order valence-corrected chi connectivity index (χ3v) is 4.49. The van der Waals surface area contributed by atoms with Crippen molar-refractivity contribution in [2.45, 2.75) is 6.54 Å². The molecule has 4 nitrogen and oxygen atoms in total. The zero-order chi connectivity index (χ0) is 19.2. The van der Waals surface area contributed by atoms with Crippen molar-refractivity contribution in [3.8, 4) is 0 Å². The highest BCUT2D eigenvalue weighted by molar-refractivity contribution is 6.31. The van der Waals surface area contributed by atoms with Gasteiger partial charge in [0.05, 0.1) is 0 Å². The number of halogens is 2. The molecule has 0 aromatic heterocycles. The molecule has 0 radical (unpaired) electrons. The second-order valence-corrected chi connectivity index (χ2v) is 6.66. The van der Waals surface area contributed by atoms with Crippen LogP contribution >= 0.6 is 23.2 Å². The molecule has 0 aliphatic heterocycles. The number of benzene rings is 3. The molecule has 3 aromatic rings. The molecule has 0 bridgehead atoms. The average molecular weight is 399 g/mol. The first kappa shape index (κ1) is 19.0. The second-order valence-electron chi connectivity index (χ2n) is 5.82. The minimum absolute atomic E-state index is 0.239. The number of carbonyl (C=O) groups excluding carboxylic acids is 2. The van der Waals surface area contributed by atoms with Crippen LogP contribution in [0.1, 0.15) is 26.3 Å². The fourth-order valence-electron chi connectivity index (χ4n) is 2.46. The van der Waals surface area contributed by atoms with Crippen molar-refractivity contribution in [1.29, 1.82) is 0 Å². The molecule has 3 aromatic carbocycles. The summed E-state index contributed by atoms with van der Waals surface area (Å²) in [5.74, 6) is -0.517. The molecule has 0 fully saturated rings. The summed E-state index contributed by atoms with van der Waals surface area (Å²) in [4.78, 5) is 24.6. The molecule has 136 valence electrons. The summed E-state index contributed by atoms with van der Waals surface area (Å²) in [5.41, 5.74) is 2.35. The average Bonchev–Trinajstić information content (AvgIpc) is 2.67. The van der Waals surface area contributed by atoms with E-state index in [0.717, 1.165) is 5.56 Å². The molecule has 0 atom stereocenters. The lowest BCUT2D eigenvalue weighted by molar-refractivity contribution is 0.0949.